The van der Waals surface area contributed by atoms with Gasteiger partial charge in [-0.25, -0.2) is 4.39 Å². The topological polar surface area (TPSA) is 40.6 Å². The number of likely N-dealkylation sites (tertiary alicyclic amines) is 2. The van der Waals surface area contributed by atoms with E-state index < -0.39 is 0 Å². The van der Waals surface area contributed by atoms with Gasteiger partial charge < -0.3 is 9.80 Å². The first-order valence-electron chi connectivity index (χ1n) is 9.45. The van der Waals surface area contributed by atoms with Crippen molar-refractivity contribution in [1.29, 1.82) is 0 Å². The zero-order valence-corrected chi connectivity index (χ0v) is 14.9. The SMILES string of the molecule is CC[C@H]1CCCCN1C(=O)C1CCN(C(=O)c2ccc(F)cc2)CC1. The van der Waals surface area contributed by atoms with Crippen molar-refractivity contribution in [3.8, 4) is 0 Å². The summed E-state index contributed by atoms with van der Waals surface area (Å²) < 4.78 is 13.0. The molecule has 136 valence electrons. The Kier molecular flexibility index (Phi) is 5.71. The summed E-state index contributed by atoms with van der Waals surface area (Å²) in [5, 5.41) is 0. The van der Waals surface area contributed by atoms with E-state index in [1.807, 2.05) is 0 Å². The van der Waals surface area contributed by atoms with E-state index in [0.29, 0.717) is 24.7 Å². The van der Waals surface area contributed by atoms with Gasteiger partial charge in [0.25, 0.3) is 5.91 Å². The van der Waals surface area contributed by atoms with Crippen LogP contribution in [0.1, 0.15) is 55.8 Å². The molecule has 0 unspecified atom stereocenters. The molecule has 0 N–H and O–H groups in total. The van der Waals surface area contributed by atoms with Crippen LogP contribution in [0.5, 0.6) is 0 Å². The van der Waals surface area contributed by atoms with Gasteiger partial charge in [-0.3, -0.25) is 9.59 Å². The Bertz CT molecular complexity index is 609. The van der Waals surface area contributed by atoms with Gasteiger partial charge in [-0.2, -0.15) is 0 Å². The second kappa shape index (κ2) is 7.98. The number of rotatable bonds is 3. The van der Waals surface area contributed by atoms with Crippen LogP contribution in [0.15, 0.2) is 24.3 Å². The molecule has 4 nitrogen and oxygen atoms in total. The Morgan fingerprint density at radius 1 is 1.04 bits per heavy atom. The Balaban J connectivity index is 1.56. The highest BCUT2D eigenvalue weighted by molar-refractivity contribution is 5.94. The van der Waals surface area contributed by atoms with Crippen LogP contribution in [0, 0.1) is 11.7 Å². The summed E-state index contributed by atoms with van der Waals surface area (Å²) >= 11 is 0. The predicted molar refractivity (Wildman–Crippen MR) is 94.7 cm³/mol. The van der Waals surface area contributed by atoms with Crippen molar-refractivity contribution in [2.75, 3.05) is 19.6 Å². The number of hydrogen-bond donors (Lipinski definition) is 0. The van der Waals surface area contributed by atoms with Crippen molar-refractivity contribution < 1.29 is 14.0 Å². The molecule has 2 heterocycles. The van der Waals surface area contributed by atoms with Gasteiger partial charge in [0.1, 0.15) is 5.82 Å². The molecule has 1 aromatic rings. The van der Waals surface area contributed by atoms with Crippen LogP contribution in [0.3, 0.4) is 0 Å². The molecular weight excluding hydrogens is 319 g/mol. The summed E-state index contributed by atoms with van der Waals surface area (Å²) in [6, 6.07) is 6.05. The lowest BCUT2D eigenvalue weighted by Gasteiger charge is -2.39. The van der Waals surface area contributed by atoms with Gasteiger partial charge in [-0.1, -0.05) is 6.92 Å². The monoisotopic (exact) mass is 346 g/mol. The minimum Gasteiger partial charge on any atom is -0.339 e. The highest BCUT2D eigenvalue weighted by Crippen LogP contribution is 2.26. The molecule has 2 amide bonds. The number of carbonyl (C=O) groups excluding carboxylic acids is 2. The Morgan fingerprint density at radius 2 is 1.72 bits per heavy atom. The van der Waals surface area contributed by atoms with E-state index in [1.165, 1.54) is 30.7 Å². The van der Waals surface area contributed by atoms with Crippen LogP contribution in [0.25, 0.3) is 0 Å². The van der Waals surface area contributed by atoms with Gasteiger partial charge in [0.05, 0.1) is 0 Å². The zero-order valence-electron chi connectivity index (χ0n) is 14.9. The number of halogens is 1. The van der Waals surface area contributed by atoms with Crippen LogP contribution in [-0.2, 0) is 4.79 Å². The number of nitrogens with zero attached hydrogens (tertiary/aromatic N) is 2. The molecule has 2 fully saturated rings. The number of amides is 2. The lowest BCUT2D eigenvalue weighted by molar-refractivity contribution is -0.140. The summed E-state index contributed by atoms with van der Waals surface area (Å²) in [6.45, 7) is 4.22. The van der Waals surface area contributed by atoms with Crippen LogP contribution in [0.2, 0.25) is 0 Å². The van der Waals surface area contributed by atoms with Crippen LogP contribution >= 0.6 is 0 Å². The van der Waals surface area contributed by atoms with Gasteiger partial charge in [0, 0.05) is 37.2 Å². The quantitative estimate of drug-likeness (QED) is 0.841. The van der Waals surface area contributed by atoms with Gasteiger partial charge >= 0.3 is 0 Å². The Labute approximate surface area is 149 Å². The zero-order chi connectivity index (χ0) is 17.8. The number of benzene rings is 1. The minimum absolute atomic E-state index is 0.0319. The van der Waals surface area contributed by atoms with E-state index in [0.717, 1.165) is 38.6 Å². The third-order valence-electron chi connectivity index (χ3n) is 5.60. The van der Waals surface area contributed by atoms with E-state index in [1.54, 1.807) is 4.90 Å². The first-order chi connectivity index (χ1) is 12.1. The number of hydrogen-bond acceptors (Lipinski definition) is 2. The van der Waals surface area contributed by atoms with Crippen LogP contribution < -0.4 is 0 Å². The predicted octanol–water partition coefficient (Wildman–Crippen LogP) is 3.47. The fraction of sp³-hybridized carbons (Fsp3) is 0.600. The maximum absolute atomic E-state index is 13.0. The standard InChI is InChI=1S/C20H27FN2O2/c1-2-18-5-3-4-12-23(18)20(25)16-10-13-22(14-11-16)19(24)15-6-8-17(21)9-7-15/h6-9,16,18H,2-5,10-14H2,1H3/t18-/m0/s1. The lowest BCUT2D eigenvalue weighted by atomic mass is 9.91. The Morgan fingerprint density at radius 3 is 2.36 bits per heavy atom. The smallest absolute Gasteiger partial charge is 0.253 e. The average Bonchev–Trinajstić information content (AvgIpc) is 2.67. The third kappa shape index (κ3) is 4.02. The molecule has 0 saturated carbocycles. The number of piperidine rings is 2. The summed E-state index contributed by atoms with van der Waals surface area (Å²) in [5.74, 6) is -0.104. The molecule has 2 saturated heterocycles. The number of carbonyl (C=O) groups is 2. The van der Waals surface area contributed by atoms with Crippen molar-refractivity contribution in [3.63, 3.8) is 0 Å². The maximum atomic E-state index is 13.0. The largest absolute Gasteiger partial charge is 0.339 e. The molecule has 2 aliphatic rings. The molecule has 0 radical (unpaired) electrons. The van der Waals surface area contributed by atoms with Crippen molar-refractivity contribution in [1.82, 2.24) is 9.80 Å². The molecule has 3 rings (SSSR count). The summed E-state index contributed by atoms with van der Waals surface area (Å²) in [4.78, 5) is 29.3. The second-order valence-corrected chi connectivity index (χ2v) is 7.16. The first-order valence-corrected chi connectivity index (χ1v) is 9.45. The first kappa shape index (κ1) is 17.9. The van der Waals surface area contributed by atoms with Crippen molar-refractivity contribution in [3.05, 3.63) is 35.6 Å². The van der Waals surface area contributed by atoms with Crippen molar-refractivity contribution in [2.45, 2.75) is 51.5 Å². The maximum Gasteiger partial charge on any atom is 0.253 e. The molecule has 0 aliphatic carbocycles. The molecule has 5 heteroatoms. The van der Waals surface area contributed by atoms with Crippen LogP contribution in [0.4, 0.5) is 4.39 Å². The molecule has 25 heavy (non-hydrogen) atoms. The van der Waals surface area contributed by atoms with Gasteiger partial charge in [0.15, 0.2) is 0 Å². The van der Waals surface area contributed by atoms with Crippen molar-refractivity contribution >= 4 is 11.8 Å². The van der Waals surface area contributed by atoms with E-state index in [-0.39, 0.29) is 23.5 Å². The molecule has 1 atom stereocenters. The van der Waals surface area contributed by atoms with Gasteiger partial charge in [-0.15, -0.1) is 0 Å². The molecule has 0 aromatic heterocycles. The van der Waals surface area contributed by atoms with Crippen LogP contribution in [-0.4, -0.2) is 47.3 Å². The second-order valence-electron chi connectivity index (χ2n) is 7.16. The summed E-state index contributed by atoms with van der Waals surface area (Å²) in [6.07, 6.45) is 5.90. The molecule has 0 spiro atoms. The molecular formula is C20H27FN2O2. The van der Waals surface area contributed by atoms with Gasteiger partial charge in [-0.05, 0) is 62.8 Å². The average molecular weight is 346 g/mol. The minimum atomic E-state index is -0.340. The van der Waals surface area contributed by atoms with E-state index >= 15 is 0 Å². The van der Waals surface area contributed by atoms with Gasteiger partial charge in [0.2, 0.25) is 5.91 Å². The van der Waals surface area contributed by atoms with E-state index in [2.05, 4.69) is 11.8 Å². The Hall–Kier alpha value is -1.91. The highest BCUT2D eigenvalue weighted by Gasteiger charge is 2.33. The highest BCUT2D eigenvalue weighted by atomic mass is 19.1. The van der Waals surface area contributed by atoms with E-state index in [9.17, 15) is 14.0 Å². The van der Waals surface area contributed by atoms with Crippen molar-refractivity contribution in [2.24, 2.45) is 5.92 Å². The summed E-state index contributed by atoms with van der Waals surface area (Å²) in [5.41, 5.74) is 0.508. The lowest BCUT2D eigenvalue weighted by Crippen LogP contribution is -2.49. The fourth-order valence-corrected chi connectivity index (χ4v) is 4.05. The third-order valence-corrected chi connectivity index (χ3v) is 5.60. The normalized spacial score (nSPS) is 22.1. The molecule has 0 bridgehead atoms. The van der Waals surface area contributed by atoms with E-state index in [4.69, 9.17) is 0 Å². The molecule has 2 aliphatic heterocycles. The fourth-order valence-electron chi connectivity index (χ4n) is 4.05. The summed E-state index contributed by atoms with van der Waals surface area (Å²) in [7, 11) is 0. The molecule has 1 aromatic carbocycles.